The number of ether oxygens (including phenoxy) is 1. The number of carbonyl (C=O) groups is 2. The zero-order valence-electron chi connectivity index (χ0n) is 24.4. The Labute approximate surface area is 262 Å². The Hall–Kier alpha value is -3.08. The van der Waals surface area contributed by atoms with Gasteiger partial charge in [-0.25, -0.2) is 8.42 Å². The largest absolute Gasteiger partial charge is 0.494 e. The molecule has 0 fully saturated rings. The van der Waals surface area contributed by atoms with E-state index in [0.717, 1.165) is 4.31 Å². The van der Waals surface area contributed by atoms with Crippen molar-refractivity contribution in [3.63, 3.8) is 0 Å². The summed E-state index contributed by atoms with van der Waals surface area (Å²) in [4.78, 5) is 29.0. The molecule has 3 rings (SSSR count). The van der Waals surface area contributed by atoms with Gasteiger partial charge in [0, 0.05) is 21.6 Å². The van der Waals surface area contributed by atoms with Crippen LogP contribution >= 0.6 is 27.5 Å². The van der Waals surface area contributed by atoms with Gasteiger partial charge < -0.3 is 15.0 Å². The van der Waals surface area contributed by atoms with Crippen molar-refractivity contribution < 1.29 is 22.7 Å². The van der Waals surface area contributed by atoms with Gasteiger partial charge in [0.05, 0.1) is 17.2 Å². The number of sulfonamides is 1. The normalized spacial score (nSPS) is 12.4. The summed E-state index contributed by atoms with van der Waals surface area (Å²) in [5.74, 6) is -0.326. The summed E-state index contributed by atoms with van der Waals surface area (Å²) in [6.45, 7) is 9.15. The maximum Gasteiger partial charge on any atom is 0.264 e. The van der Waals surface area contributed by atoms with E-state index in [1.54, 1.807) is 60.7 Å². The molecule has 1 atom stereocenters. The zero-order valence-corrected chi connectivity index (χ0v) is 27.6. The molecule has 11 heteroatoms. The lowest BCUT2D eigenvalue weighted by atomic mass is 10.1. The van der Waals surface area contributed by atoms with Crippen molar-refractivity contribution in [3.8, 4) is 5.75 Å². The average molecular weight is 679 g/mol. The Morgan fingerprint density at radius 2 is 1.60 bits per heavy atom. The summed E-state index contributed by atoms with van der Waals surface area (Å²) in [6, 6.07) is 18.9. The van der Waals surface area contributed by atoms with E-state index in [9.17, 15) is 18.0 Å². The van der Waals surface area contributed by atoms with E-state index in [4.69, 9.17) is 16.3 Å². The van der Waals surface area contributed by atoms with Crippen LogP contribution in [0, 0.1) is 0 Å². The number of carbonyl (C=O) groups excluding carboxylic acids is 2. The predicted molar refractivity (Wildman–Crippen MR) is 170 cm³/mol. The number of nitrogens with zero attached hydrogens (tertiary/aromatic N) is 2. The fraction of sp³-hybridized carbons (Fsp3) is 0.355. The number of hydrogen-bond acceptors (Lipinski definition) is 5. The highest BCUT2D eigenvalue weighted by atomic mass is 79.9. The van der Waals surface area contributed by atoms with Crippen LogP contribution in [-0.4, -0.2) is 49.9 Å². The van der Waals surface area contributed by atoms with E-state index in [1.165, 1.54) is 17.0 Å². The van der Waals surface area contributed by atoms with Crippen molar-refractivity contribution in [2.24, 2.45) is 0 Å². The maximum atomic E-state index is 14.2. The third-order valence-corrected chi connectivity index (χ3v) is 8.98. The van der Waals surface area contributed by atoms with Gasteiger partial charge in [-0.3, -0.25) is 13.9 Å². The second kappa shape index (κ2) is 14.4. The highest BCUT2D eigenvalue weighted by Gasteiger charge is 2.35. The number of anilines is 1. The van der Waals surface area contributed by atoms with Crippen LogP contribution in [-0.2, 0) is 26.2 Å². The van der Waals surface area contributed by atoms with Crippen molar-refractivity contribution in [2.45, 2.75) is 64.1 Å². The van der Waals surface area contributed by atoms with Crippen LogP contribution in [0.2, 0.25) is 5.02 Å². The van der Waals surface area contributed by atoms with E-state index in [-0.39, 0.29) is 23.0 Å². The van der Waals surface area contributed by atoms with Crippen molar-refractivity contribution >= 4 is 55.1 Å². The summed E-state index contributed by atoms with van der Waals surface area (Å²) in [5, 5.41) is 3.39. The first-order valence-electron chi connectivity index (χ1n) is 13.6. The fourth-order valence-corrected chi connectivity index (χ4v) is 6.19. The molecule has 42 heavy (non-hydrogen) atoms. The minimum atomic E-state index is -4.19. The fourth-order valence-electron chi connectivity index (χ4n) is 4.32. The summed E-state index contributed by atoms with van der Waals surface area (Å²) in [7, 11) is -4.19. The highest BCUT2D eigenvalue weighted by Crippen LogP contribution is 2.28. The monoisotopic (exact) mass is 677 g/mol. The molecule has 226 valence electrons. The average Bonchev–Trinajstić information content (AvgIpc) is 2.92. The quantitative estimate of drug-likeness (QED) is 0.239. The van der Waals surface area contributed by atoms with Crippen LogP contribution in [0.1, 0.15) is 46.6 Å². The zero-order chi connectivity index (χ0) is 31.1. The van der Waals surface area contributed by atoms with E-state index in [0.29, 0.717) is 33.8 Å². The van der Waals surface area contributed by atoms with Crippen LogP contribution in [0.3, 0.4) is 0 Å². The molecular formula is C31H37BrClN3O5S. The molecule has 0 saturated carbocycles. The van der Waals surface area contributed by atoms with E-state index >= 15 is 0 Å². The number of nitrogens with one attached hydrogen (secondary N) is 1. The van der Waals surface area contributed by atoms with Gasteiger partial charge in [0.25, 0.3) is 10.0 Å². The lowest BCUT2D eigenvalue weighted by Gasteiger charge is -2.35. The molecule has 0 aliphatic rings. The molecule has 1 N–H and O–H groups in total. The summed E-state index contributed by atoms with van der Waals surface area (Å²) >= 11 is 9.79. The van der Waals surface area contributed by atoms with Crippen molar-refractivity contribution in [3.05, 3.63) is 87.9 Å². The minimum absolute atomic E-state index is 0.0163. The van der Waals surface area contributed by atoms with Gasteiger partial charge in [-0.2, -0.15) is 0 Å². The summed E-state index contributed by atoms with van der Waals surface area (Å²) < 4.78 is 35.3. The van der Waals surface area contributed by atoms with Crippen LogP contribution < -0.4 is 14.4 Å². The van der Waals surface area contributed by atoms with Gasteiger partial charge in [-0.05, 0) is 94.3 Å². The Kier molecular flexibility index (Phi) is 11.5. The van der Waals surface area contributed by atoms with E-state index in [1.807, 2.05) is 34.6 Å². The third kappa shape index (κ3) is 8.72. The molecule has 3 aromatic rings. The molecule has 0 spiro atoms. The van der Waals surface area contributed by atoms with E-state index < -0.39 is 34.1 Å². The Morgan fingerprint density at radius 1 is 0.976 bits per heavy atom. The molecule has 0 saturated heterocycles. The lowest BCUT2D eigenvalue weighted by molar-refractivity contribution is -0.141. The Morgan fingerprint density at radius 3 is 2.14 bits per heavy atom. The van der Waals surface area contributed by atoms with Gasteiger partial charge in [0.15, 0.2) is 0 Å². The molecular weight excluding hydrogens is 642 g/mol. The highest BCUT2D eigenvalue weighted by molar-refractivity contribution is 9.10. The van der Waals surface area contributed by atoms with E-state index in [2.05, 4.69) is 21.2 Å². The lowest BCUT2D eigenvalue weighted by Crippen LogP contribution is -2.55. The number of hydrogen-bond donors (Lipinski definition) is 1. The van der Waals surface area contributed by atoms with Crippen molar-refractivity contribution in [1.82, 2.24) is 10.2 Å². The molecule has 8 nitrogen and oxygen atoms in total. The molecule has 0 aromatic heterocycles. The first kappa shape index (κ1) is 33.4. The van der Waals surface area contributed by atoms with Gasteiger partial charge >= 0.3 is 0 Å². The minimum Gasteiger partial charge on any atom is -0.494 e. The molecule has 0 aliphatic carbocycles. The molecule has 0 radical (unpaired) electrons. The molecule has 0 aliphatic heterocycles. The van der Waals surface area contributed by atoms with Gasteiger partial charge in [-0.15, -0.1) is 0 Å². The maximum absolute atomic E-state index is 14.2. The van der Waals surface area contributed by atoms with Gasteiger partial charge in [-0.1, -0.05) is 52.7 Å². The number of amides is 2. The molecule has 2 amide bonds. The van der Waals surface area contributed by atoms with Gasteiger partial charge in [0.2, 0.25) is 11.8 Å². The second-order valence-electron chi connectivity index (χ2n) is 10.7. The number of halogens is 2. The molecule has 0 unspecified atom stereocenters. The van der Waals surface area contributed by atoms with Gasteiger partial charge in [0.1, 0.15) is 18.3 Å². The van der Waals surface area contributed by atoms with Crippen LogP contribution in [0.25, 0.3) is 0 Å². The Balaban J connectivity index is 2.08. The Bertz CT molecular complexity index is 1480. The van der Waals surface area contributed by atoms with Crippen LogP contribution in [0.4, 0.5) is 5.69 Å². The number of benzene rings is 3. The molecule has 0 bridgehead atoms. The molecule has 0 heterocycles. The van der Waals surface area contributed by atoms with Crippen molar-refractivity contribution in [2.75, 3.05) is 17.5 Å². The summed E-state index contributed by atoms with van der Waals surface area (Å²) in [5.41, 5.74) is 0.376. The standard InChI is InChI=1S/C31H37BrClN3O5S/c1-6-28(30(38)34-31(3,4)5)35(20-22-10-8-9-11-27(22)33)29(37)21-36(24-14-16-25(17-15-24)41-7-2)42(39,40)26-18-12-23(32)13-19-26/h8-19,28H,6-7,20-21H2,1-5H3,(H,34,38)/t28-/m1/s1. The van der Waals surface area contributed by atoms with Crippen LogP contribution in [0.15, 0.2) is 82.2 Å². The second-order valence-corrected chi connectivity index (χ2v) is 13.9. The van der Waals surface area contributed by atoms with Crippen LogP contribution in [0.5, 0.6) is 5.75 Å². The summed E-state index contributed by atoms with van der Waals surface area (Å²) in [6.07, 6.45) is 0.306. The smallest absolute Gasteiger partial charge is 0.264 e. The first-order chi connectivity index (χ1) is 19.8. The third-order valence-electron chi connectivity index (χ3n) is 6.30. The predicted octanol–water partition coefficient (Wildman–Crippen LogP) is 6.42. The topological polar surface area (TPSA) is 96.0 Å². The molecule has 3 aromatic carbocycles. The number of rotatable bonds is 12. The SMILES string of the molecule is CCOc1ccc(N(CC(=O)N(Cc2ccccc2Cl)[C@H](CC)C(=O)NC(C)(C)C)S(=O)(=O)c2ccc(Br)cc2)cc1. The van der Waals surface area contributed by atoms with Crippen molar-refractivity contribution in [1.29, 1.82) is 0 Å². The first-order valence-corrected chi connectivity index (χ1v) is 16.2.